The van der Waals surface area contributed by atoms with Crippen molar-refractivity contribution in [3.8, 4) is 11.8 Å². The summed E-state index contributed by atoms with van der Waals surface area (Å²) in [6.07, 6.45) is -2.79. The minimum atomic E-state index is -5.07. The Hall–Kier alpha value is -2.78. The van der Waals surface area contributed by atoms with Gasteiger partial charge in [-0.15, -0.1) is 0 Å². The average Bonchev–Trinajstić information content (AvgIpc) is 3.58. The molecule has 7 rings (SSSR count). The predicted molar refractivity (Wildman–Crippen MR) is 150 cm³/mol. The van der Waals surface area contributed by atoms with E-state index in [1.54, 1.807) is 0 Å². The maximum Gasteiger partial charge on any atom is 0.417 e. The van der Waals surface area contributed by atoms with Crippen molar-refractivity contribution in [3.05, 3.63) is 39.8 Å². The number of rotatable bonds is 5. The van der Waals surface area contributed by atoms with Gasteiger partial charge in [-0.1, -0.05) is 0 Å². The first-order chi connectivity index (χ1) is 20.7. The van der Waals surface area contributed by atoms with E-state index in [0.717, 1.165) is 39.2 Å². The second-order valence-corrected chi connectivity index (χ2v) is 15.2. The highest BCUT2D eigenvalue weighted by atomic mass is 32.2. The number of sulfone groups is 1. The molecule has 5 atom stereocenters. The Morgan fingerprint density at radius 3 is 2.61 bits per heavy atom. The fourth-order valence-corrected chi connectivity index (χ4v) is 10.0. The van der Waals surface area contributed by atoms with Crippen LogP contribution in [0.1, 0.15) is 65.3 Å². The van der Waals surface area contributed by atoms with Crippen molar-refractivity contribution in [2.45, 2.75) is 86.4 Å². The minimum Gasteiger partial charge on any atom is -0.505 e. The number of nitrogens with zero attached hydrogens (tertiary/aromatic N) is 4. The molecule has 2 aromatic rings. The van der Waals surface area contributed by atoms with Gasteiger partial charge < -0.3 is 20.1 Å². The highest BCUT2D eigenvalue weighted by Crippen LogP contribution is 2.48. The quantitative estimate of drug-likeness (QED) is 0.471. The van der Waals surface area contributed by atoms with Crippen LogP contribution in [0.4, 0.5) is 27.8 Å². The molecule has 0 aliphatic carbocycles. The largest absolute Gasteiger partial charge is 0.505 e. The van der Waals surface area contributed by atoms with Crippen LogP contribution in [0, 0.1) is 12.7 Å². The Balaban J connectivity index is 1.31. The van der Waals surface area contributed by atoms with Crippen LogP contribution in [0.3, 0.4) is 0 Å². The number of ether oxygens (including phenoxy) is 1. The van der Waals surface area contributed by atoms with E-state index in [1.165, 1.54) is 0 Å². The van der Waals surface area contributed by atoms with Crippen molar-refractivity contribution in [2.24, 2.45) is 0 Å². The molecule has 240 valence electrons. The molecule has 0 amide bonds. The Morgan fingerprint density at radius 2 is 1.91 bits per heavy atom. The second kappa shape index (κ2) is 10.4. The number of aryl methyl sites for hydroxylation is 1. The van der Waals surface area contributed by atoms with Crippen molar-refractivity contribution in [2.75, 3.05) is 37.7 Å². The molecule has 0 saturated carbocycles. The molecule has 6 heterocycles. The van der Waals surface area contributed by atoms with Crippen LogP contribution >= 0.6 is 0 Å². The number of anilines is 1. The number of hydrogen-bond acceptors (Lipinski definition) is 9. The number of benzene rings is 1. The van der Waals surface area contributed by atoms with Gasteiger partial charge in [0.15, 0.2) is 21.4 Å². The lowest BCUT2D eigenvalue weighted by Crippen LogP contribution is -2.52. The number of nitrogens with one attached hydrogen (secondary N) is 1. The molecular formula is C29H34F5N5O4S. The number of phenolic OH excluding ortho intramolecular Hbond substituents is 1. The molecule has 0 spiro atoms. The number of halogens is 5. The van der Waals surface area contributed by atoms with E-state index < -0.39 is 73.4 Å². The van der Waals surface area contributed by atoms with E-state index >= 15 is 4.39 Å². The van der Waals surface area contributed by atoms with Gasteiger partial charge in [-0.25, -0.2) is 17.2 Å². The first-order valence-electron chi connectivity index (χ1n) is 15.0. The third-order valence-electron chi connectivity index (χ3n) is 10.0. The monoisotopic (exact) mass is 643 g/mol. The topological polar surface area (TPSA) is 108 Å². The molecular weight excluding hydrogens is 609 g/mol. The second-order valence-electron chi connectivity index (χ2n) is 13.0. The third-order valence-corrected chi connectivity index (χ3v) is 12.0. The summed E-state index contributed by atoms with van der Waals surface area (Å²) in [5.74, 6) is -3.04. The summed E-state index contributed by atoms with van der Waals surface area (Å²) < 4.78 is 106. The van der Waals surface area contributed by atoms with Crippen LogP contribution in [0.25, 0.3) is 0 Å². The van der Waals surface area contributed by atoms with E-state index in [0.29, 0.717) is 37.9 Å². The molecule has 4 saturated heterocycles. The van der Waals surface area contributed by atoms with Gasteiger partial charge in [-0.05, 0) is 50.8 Å². The Kier molecular flexibility index (Phi) is 7.05. The van der Waals surface area contributed by atoms with E-state index in [4.69, 9.17) is 4.74 Å². The molecule has 4 fully saturated rings. The van der Waals surface area contributed by atoms with Crippen LogP contribution in [-0.2, 0) is 28.2 Å². The van der Waals surface area contributed by atoms with Gasteiger partial charge in [0.2, 0.25) is 0 Å². The van der Waals surface area contributed by atoms with Crippen molar-refractivity contribution in [3.63, 3.8) is 0 Å². The number of aromatic hydroxyl groups is 1. The molecule has 0 unspecified atom stereocenters. The maximum absolute atomic E-state index is 15.3. The lowest BCUT2D eigenvalue weighted by molar-refractivity contribution is -0.138. The van der Waals surface area contributed by atoms with E-state index in [2.05, 4.69) is 20.2 Å². The van der Waals surface area contributed by atoms with Gasteiger partial charge in [-0.3, -0.25) is 4.90 Å². The van der Waals surface area contributed by atoms with Crippen LogP contribution < -0.4 is 15.0 Å². The van der Waals surface area contributed by atoms with E-state index in [-0.39, 0.29) is 36.0 Å². The van der Waals surface area contributed by atoms with E-state index in [1.807, 2.05) is 4.90 Å². The summed E-state index contributed by atoms with van der Waals surface area (Å²) in [4.78, 5) is 13.2. The molecule has 1 aromatic heterocycles. The fourth-order valence-electron chi connectivity index (χ4n) is 8.12. The molecule has 15 heteroatoms. The van der Waals surface area contributed by atoms with Crippen molar-refractivity contribution in [1.82, 2.24) is 20.2 Å². The predicted octanol–water partition coefficient (Wildman–Crippen LogP) is 3.76. The summed E-state index contributed by atoms with van der Waals surface area (Å²) in [5.41, 5.74) is -3.12. The SMILES string of the molecule is Cc1cc(O)c(F)c([C@@H]2Cc3nc(OC[C@@]45CCCN4C[C@H](F)C5)nc(N4C[C@H]5CC[C@@H](C4)N5)c3CS2(=O)=O)c1C(F)(F)F. The van der Waals surface area contributed by atoms with Crippen LogP contribution in [-0.4, -0.2) is 85.0 Å². The first-order valence-corrected chi connectivity index (χ1v) is 16.7. The minimum absolute atomic E-state index is 0.0742. The van der Waals surface area contributed by atoms with E-state index in [9.17, 15) is 31.1 Å². The van der Waals surface area contributed by atoms with Gasteiger partial charge in [-0.2, -0.15) is 23.1 Å². The average molecular weight is 644 g/mol. The maximum atomic E-state index is 15.3. The number of alkyl halides is 4. The number of aromatic nitrogens is 2. The smallest absolute Gasteiger partial charge is 0.417 e. The molecule has 0 radical (unpaired) electrons. The molecule has 2 bridgehead atoms. The van der Waals surface area contributed by atoms with Gasteiger partial charge in [0.05, 0.1) is 27.8 Å². The normalized spacial score (nSPS) is 31.3. The van der Waals surface area contributed by atoms with Crippen LogP contribution in [0.5, 0.6) is 11.8 Å². The molecule has 5 aliphatic rings. The molecule has 2 N–H and O–H groups in total. The highest BCUT2D eigenvalue weighted by molar-refractivity contribution is 7.91. The van der Waals surface area contributed by atoms with Crippen molar-refractivity contribution in [1.29, 1.82) is 0 Å². The van der Waals surface area contributed by atoms with Crippen LogP contribution in [0.15, 0.2) is 6.07 Å². The summed E-state index contributed by atoms with van der Waals surface area (Å²) in [6, 6.07) is 0.907. The molecule has 5 aliphatic heterocycles. The van der Waals surface area contributed by atoms with Crippen molar-refractivity contribution < 1.29 is 40.2 Å². The summed E-state index contributed by atoms with van der Waals surface area (Å²) in [5, 5.41) is 11.7. The number of fused-ring (bicyclic) bond motifs is 4. The highest BCUT2D eigenvalue weighted by Gasteiger charge is 2.50. The number of hydrogen-bond donors (Lipinski definition) is 2. The fraction of sp³-hybridized carbons (Fsp3) is 0.655. The third kappa shape index (κ3) is 4.98. The number of phenols is 1. The molecule has 9 nitrogen and oxygen atoms in total. The molecule has 44 heavy (non-hydrogen) atoms. The molecule has 1 aromatic carbocycles. The van der Waals surface area contributed by atoms with Crippen molar-refractivity contribution >= 4 is 15.7 Å². The summed E-state index contributed by atoms with van der Waals surface area (Å²) >= 11 is 0. The Morgan fingerprint density at radius 1 is 1.18 bits per heavy atom. The van der Waals surface area contributed by atoms with Gasteiger partial charge in [0, 0.05) is 55.7 Å². The Bertz CT molecular complexity index is 1600. The standard InChI is InChI=1S/C29H34F5N5O4S/c1-15-7-21(40)25(31)23(24(15)29(32,33)34)22-8-20-19(13-44(22,41)42)26(38-11-17-3-4-18(12-38)35-17)37-27(36-20)43-14-28-5-2-6-39(28)10-16(30)9-28/h7,16-18,22,35,40H,2-6,8-14H2,1H3/t16-,17-,18+,22+,28+/m1/s1. The van der Waals surface area contributed by atoms with Gasteiger partial charge >= 0.3 is 12.2 Å². The lowest BCUT2D eigenvalue weighted by Gasteiger charge is -2.37. The zero-order valence-electron chi connectivity index (χ0n) is 24.1. The zero-order valence-corrected chi connectivity index (χ0v) is 24.9. The summed E-state index contributed by atoms with van der Waals surface area (Å²) in [7, 11) is -4.42. The zero-order chi connectivity index (χ0) is 31.2. The lowest BCUT2D eigenvalue weighted by atomic mass is 9.94. The number of piperazine rings is 1. The van der Waals surface area contributed by atoms with Gasteiger partial charge in [0.25, 0.3) is 0 Å². The Labute approximate surface area is 251 Å². The van der Waals surface area contributed by atoms with Gasteiger partial charge in [0.1, 0.15) is 18.6 Å². The summed E-state index contributed by atoms with van der Waals surface area (Å²) in [6.45, 7) is 3.32. The van der Waals surface area contributed by atoms with Crippen LogP contribution in [0.2, 0.25) is 0 Å². The first kappa shape index (κ1) is 29.9.